The monoisotopic (exact) mass is 182 g/mol. The molecule has 0 atom stereocenters. The molecule has 0 amide bonds. The first kappa shape index (κ1) is 6.88. The van der Waals surface area contributed by atoms with E-state index in [1.807, 2.05) is 11.4 Å². The molecule has 2 rings (SSSR count). The van der Waals surface area contributed by atoms with Crippen molar-refractivity contribution in [3.05, 3.63) is 29.0 Å². The molecule has 0 radical (unpaired) electrons. The molecule has 0 spiro atoms. The Hall–Kier alpha value is -0.800. The summed E-state index contributed by atoms with van der Waals surface area (Å²) in [6.45, 7) is 0. The summed E-state index contributed by atoms with van der Waals surface area (Å²) in [6.07, 6.45) is 0. The first-order chi connectivity index (χ1) is 5.36. The molecule has 0 aliphatic heterocycles. The third-order valence-electron chi connectivity index (χ3n) is 1.35. The zero-order valence-electron chi connectivity index (χ0n) is 5.65. The van der Waals surface area contributed by atoms with Crippen LogP contribution in [0.2, 0.25) is 0 Å². The van der Waals surface area contributed by atoms with Gasteiger partial charge in [0.1, 0.15) is 5.75 Å². The van der Waals surface area contributed by atoms with Crippen molar-refractivity contribution < 1.29 is 5.11 Å². The predicted molar refractivity (Wildman–Crippen MR) is 49.3 cm³/mol. The minimum atomic E-state index is 0.360. The van der Waals surface area contributed by atoms with Crippen molar-refractivity contribution in [2.45, 2.75) is 0 Å². The highest BCUT2D eigenvalue weighted by atomic mass is 32.1. The fraction of sp³-hybridized carbons (Fsp3) is 0. The van der Waals surface area contributed by atoms with Crippen molar-refractivity contribution in [2.75, 3.05) is 0 Å². The Kier molecular flexibility index (Phi) is 1.68. The van der Waals surface area contributed by atoms with Gasteiger partial charge in [-0.05, 0) is 17.5 Å². The van der Waals surface area contributed by atoms with Crippen LogP contribution in [0.25, 0.3) is 9.75 Å². The second-order valence-corrected chi connectivity index (χ2v) is 4.01. The van der Waals surface area contributed by atoms with Gasteiger partial charge in [-0.25, -0.2) is 0 Å². The first-order valence-electron chi connectivity index (χ1n) is 3.17. The van der Waals surface area contributed by atoms with E-state index in [0.717, 1.165) is 4.88 Å². The highest BCUT2D eigenvalue weighted by molar-refractivity contribution is 7.20. The summed E-state index contributed by atoms with van der Waals surface area (Å²) >= 11 is 3.26. The average molecular weight is 182 g/mol. The van der Waals surface area contributed by atoms with Gasteiger partial charge in [0.15, 0.2) is 0 Å². The van der Waals surface area contributed by atoms with E-state index in [4.69, 9.17) is 5.11 Å². The lowest BCUT2D eigenvalue weighted by Crippen LogP contribution is -1.56. The SMILES string of the molecule is Oc1csc(-c2cccs2)c1. The van der Waals surface area contributed by atoms with Crippen LogP contribution in [0.4, 0.5) is 0 Å². The van der Waals surface area contributed by atoms with E-state index >= 15 is 0 Å². The predicted octanol–water partition coefficient (Wildman–Crippen LogP) is 3.18. The molecular weight excluding hydrogens is 176 g/mol. The Morgan fingerprint density at radius 3 is 2.64 bits per heavy atom. The van der Waals surface area contributed by atoms with Gasteiger partial charge < -0.3 is 5.11 Å². The normalized spacial score (nSPS) is 10.2. The summed E-state index contributed by atoms with van der Waals surface area (Å²) in [5.41, 5.74) is 0. The zero-order valence-corrected chi connectivity index (χ0v) is 7.28. The third kappa shape index (κ3) is 1.29. The molecule has 0 unspecified atom stereocenters. The van der Waals surface area contributed by atoms with Crippen LogP contribution < -0.4 is 0 Å². The molecule has 1 N–H and O–H groups in total. The molecule has 0 aromatic carbocycles. The second-order valence-electron chi connectivity index (χ2n) is 2.15. The molecule has 1 nitrogen and oxygen atoms in total. The summed E-state index contributed by atoms with van der Waals surface area (Å²) in [7, 11) is 0. The standard InChI is InChI=1S/C8H6OS2/c9-6-4-8(11-5-6)7-2-1-3-10-7/h1-5,9H. The fourth-order valence-electron chi connectivity index (χ4n) is 0.874. The Bertz CT molecular complexity index is 335. The van der Waals surface area contributed by atoms with Crippen molar-refractivity contribution in [1.29, 1.82) is 0 Å². The van der Waals surface area contributed by atoms with Gasteiger partial charge in [0, 0.05) is 15.1 Å². The average Bonchev–Trinajstić information content (AvgIpc) is 2.55. The van der Waals surface area contributed by atoms with Crippen LogP contribution in [-0.2, 0) is 0 Å². The van der Waals surface area contributed by atoms with Crippen LogP contribution in [0.1, 0.15) is 0 Å². The first-order valence-corrected chi connectivity index (χ1v) is 4.93. The summed E-state index contributed by atoms with van der Waals surface area (Å²) in [5, 5.41) is 12.8. The van der Waals surface area contributed by atoms with E-state index in [0.29, 0.717) is 5.75 Å². The maximum Gasteiger partial charge on any atom is 0.126 e. The van der Waals surface area contributed by atoms with E-state index in [1.165, 1.54) is 4.88 Å². The minimum Gasteiger partial charge on any atom is -0.507 e. The molecule has 0 saturated heterocycles. The molecule has 0 aliphatic rings. The molecule has 56 valence electrons. The number of aromatic hydroxyl groups is 1. The van der Waals surface area contributed by atoms with Crippen LogP contribution in [0.15, 0.2) is 29.0 Å². The van der Waals surface area contributed by atoms with Gasteiger partial charge in [0.05, 0.1) is 0 Å². The fourth-order valence-corrected chi connectivity index (χ4v) is 2.49. The number of thiophene rings is 2. The maximum absolute atomic E-state index is 9.07. The Balaban J connectivity index is 2.45. The van der Waals surface area contributed by atoms with E-state index in [9.17, 15) is 0 Å². The largest absolute Gasteiger partial charge is 0.507 e. The van der Waals surface area contributed by atoms with E-state index in [-0.39, 0.29) is 0 Å². The molecule has 0 aliphatic carbocycles. The van der Waals surface area contributed by atoms with Crippen molar-refractivity contribution in [2.24, 2.45) is 0 Å². The Morgan fingerprint density at radius 2 is 2.09 bits per heavy atom. The van der Waals surface area contributed by atoms with E-state index < -0.39 is 0 Å². The van der Waals surface area contributed by atoms with E-state index in [1.54, 1.807) is 34.1 Å². The van der Waals surface area contributed by atoms with Crippen molar-refractivity contribution >= 4 is 22.7 Å². The number of hydrogen-bond donors (Lipinski definition) is 1. The van der Waals surface area contributed by atoms with Crippen LogP contribution >= 0.6 is 22.7 Å². The smallest absolute Gasteiger partial charge is 0.126 e. The lowest BCUT2D eigenvalue weighted by atomic mass is 10.4. The lowest BCUT2D eigenvalue weighted by Gasteiger charge is -1.85. The quantitative estimate of drug-likeness (QED) is 0.718. The molecule has 3 heteroatoms. The lowest BCUT2D eigenvalue weighted by molar-refractivity contribution is 0.478. The van der Waals surface area contributed by atoms with Gasteiger partial charge in [0.2, 0.25) is 0 Å². The van der Waals surface area contributed by atoms with Gasteiger partial charge in [-0.3, -0.25) is 0 Å². The minimum absolute atomic E-state index is 0.360. The molecule has 0 saturated carbocycles. The topological polar surface area (TPSA) is 20.2 Å². The van der Waals surface area contributed by atoms with Crippen LogP contribution in [0.3, 0.4) is 0 Å². The Morgan fingerprint density at radius 1 is 1.18 bits per heavy atom. The van der Waals surface area contributed by atoms with Crippen molar-refractivity contribution in [1.82, 2.24) is 0 Å². The van der Waals surface area contributed by atoms with Crippen LogP contribution in [0.5, 0.6) is 5.75 Å². The third-order valence-corrected chi connectivity index (χ3v) is 3.33. The van der Waals surface area contributed by atoms with Gasteiger partial charge in [-0.15, -0.1) is 22.7 Å². The van der Waals surface area contributed by atoms with Crippen molar-refractivity contribution in [3.8, 4) is 15.5 Å². The number of hydrogen-bond acceptors (Lipinski definition) is 3. The van der Waals surface area contributed by atoms with Crippen LogP contribution in [0, 0.1) is 0 Å². The van der Waals surface area contributed by atoms with Crippen LogP contribution in [-0.4, -0.2) is 5.11 Å². The molecule has 11 heavy (non-hydrogen) atoms. The van der Waals surface area contributed by atoms with Gasteiger partial charge >= 0.3 is 0 Å². The molecule has 0 fully saturated rings. The summed E-state index contributed by atoms with van der Waals surface area (Å²) in [4.78, 5) is 2.35. The van der Waals surface area contributed by atoms with E-state index in [2.05, 4.69) is 6.07 Å². The Labute approximate surface area is 72.6 Å². The summed E-state index contributed by atoms with van der Waals surface area (Å²) in [5.74, 6) is 0.360. The second kappa shape index (κ2) is 2.68. The van der Waals surface area contributed by atoms with Gasteiger partial charge in [0.25, 0.3) is 0 Å². The molecule has 2 aromatic rings. The molecule has 2 heterocycles. The highest BCUT2D eigenvalue weighted by Crippen LogP contribution is 2.32. The van der Waals surface area contributed by atoms with Crippen molar-refractivity contribution in [3.63, 3.8) is 0 Å². The summed E-state index contributed by atoms with van der Waals surface area (Å²) in [6, 6.07) is 5.85. The van der Waals surface area contributed by atoms with Gasteiger partial charge in [-0.2, -0.15) is 0 Å². The molecular formula is C8H6OS2. The maximum atomic E-state index is 9.07. The highest BCUT2D eigenvalue weighted by Gasteiger charge is 2.00. The van der Waals surface area contributed by atoms with Gasteiger partial charge in [-0.1, -0.05) is 6.07 Å². The molecule has 2 aromatic heterocycles. The molecule has 0 bridgehead atoms. The number of rotatable bonds is 1. The zero-order chi connectivity index (χ0) is 7.68. The summed E-state index contributed by atoms with van der Waals surface area (Å²) < 4.78 is 0.